The van der Waals surface area contributed by atoms with Crippen LogP contribution in [0.3, 0.4) is 0 Å². The summed E-state index contributed by atoms with van der Waals surface area (Å²) in [5.74, 6) is -2.57. The van der Waals surface area contributed by atoms with Crippen LogP contribution in [0.15, 0.2) is 60.7 Å². The molecular weight excluding hydrogens is 346 g/mol. The molecule has 0 unspecified atom stereocenters. The largest absolute Gasteiger partial charge is 0.495 e. The molecule has 138 valence electrons. The molecule has 4 rings (SSSR count). The molecular formula is C21H19NO5. The zero-order valence-corrected chi connectivity index (χ0v) is 14.7. The van der Waals surface area contributed by atoms with Gasteiger partial charge in [-0.25, -0.2) is 0 Å². The van der Waals surface area contributed by atoms with Gasteiger partial charge < -0.3 is 19.9 Å². The molecule has 1 amide bonds. The predicted molar refractivity (Wildman–Crippen MR) is 99.5 cm³/mol. The standard InChI is InChI=1S/C21H19NO5/c1-26-15-8-7-13(12-5-3-2-4-6-12)11-14(15)22-20(23)18-16-9-10-17(27-16)19(18)21(24)25/h2-11,16-19H,1H3,(H,22,23)(H,24,25)/t16-,17-,18-,19-/m1/s1. The van der Waals surface area contributed by atoms with Crippen molar-refractivity contribution in [3.63, 3.8) is 0 Å². The van der Waals surface area contributed by atoms with Crippen molar-refractivity contribution in [2.45, 2.75) is 12.2 Å². The summed E-state index contributed by atoms with van der Waals surface area (Å²) in [6.07, 6.45) is 2.40. The number of benzene rings is 2. The number of carboxylic acids is 1. The Balaban J connectivity index is 1.63. The van der Waals surface area contributed by atoms with Gasteiger partial charge in [-0.15, -0.1) is 0 Å². The molecule has 1 saturated heterocycles. The van der Waals surface area contributed by atoms with E-state index in [0.717, 1.165) is 11.1 Å². The Morgan fingerprint density at radius 3 is 2.37 bits per heavy atom. The first-order chi connectivity index (χ1) is 13.1. The molecule has 4 atom stereocenters. The molecule has 2 aromatic rings. The molecule has 2 bridgehead atoms. The maximum Gasteiger partial charge on any atom is 0.310 e. The Labute approximate surface area is 156 Å². The van der Waals surface area contributed by atoms with Crippen LogP contribution in [0, 0.1) is 11.8 Å². The highest BCUT2D eigenvalue weighted by Crippen LogP contribution is 2.40. The number of anilines is 1. The molecule has 2 heterocycles. The van der Waals surface area contributed by atoms with E-state index in [0.29, 0.717) is 11.4 Å². The van der Waals surface area contributed by atoms with Gasteiger partial charge >= 0.3 is 5.97 Å². The Bertz CT molecular complexity index is 908. The lowest BCUT2D eigenvalue weighted by atomic mass is 9.82. The number of carboxylic acid groups (broad SMARTS) is 1. The third kappa shape index (κ3) is 3.08. The summed E-state index contributed by atoms with van der Waals surface area (Å²) in [5.41, 5.74) is 2.43. The molecule has 6 nitrogen and oxygen atoms in total. The number of fused-ring (bicyclic) bond motifs is 2. The lowest BCUT2D eigenvalue weighted by Crippen LogP contribution is -2.39. The maximum atomic E-state index is 12.9. The second-order valence-corrected chi connectivity index (χ2v) is 6.61. The van der Waals surface area contributed by atoms with Gasteiger partial charge in [-0.3, -0.25) is 9.59 Å². The van der Waals surface area contributed by atoms with Crippen molar-refractivity contribution >= 4 is 17.6 Å². The fourth-order valence-electron chi connectivity index (χ4n) is 3.75. The van der Waals surface area contributed by atoms with Crippen LogP contribution in [0.2, 0.25) is 0 Å². The highest BCUT2D eigenvalue weighted by atomic mass is 16.5. The van der Waals surface area contributed by atoms with Gasteiger partial charge in [-0.05, 0) is 23.3 Å². The van der Waals surface area contributed by atoms with Crippen molar-refractivity contribution < 1.29 is 24.2 Å². The number of amides is 1. The summed E-state index contributed by atoms with van der Waals surface area (Å²) in [6.45, 7) is 0. The van der Waals surface area contributed by atoms with Crippen LogP contribution < -0.4 is 10.1 Å². The van der Waals surface area contributed by atoms with Gasteiger partial charge in [0, 0.05) is 0 Å². The zero-order valence-electron chi connectivity index (χ0n) is 14.7. The van der Waals surface area contributed by atoms with E-state index in [9.17, 15) is 14.7 Å². The topological polar surface area (TPSA) is 84.9 Å². The van der Waals surface area contributed by atoms with Crippen LogP contribution in [0.4, 0.5) is 5.69 Å². The average molecular weight is 365 g/mol. The van der Waals surface area contributed by atoms with Crippen LogP contribution in [0.5, 0.6) is 5.75 Å². The summed E-state index contributed by atoms with van der Waals surface area (Å²) in [4.78, 5) is 24.5. The second-order valence-electron chi connectivity index (χ2n) is 6.61. The molecule has 1 fully saturated rings. The summed E-state index contributed by atoms with van der Waals surface area (Å²) in [6, 6.07) is 15.3. The minimum Gasteiger partial charge on any atom is -0.495 e. The SMILES string of the molecule is COc1ccc(-c2ccccc2)cc1NC(=O)[C@H]1[C@H](C(=O)O)[C@H]2C=C[C@H]1O2. The van der Waals surface area contributed by atoms with E-state index in [1.54, 1.807) is 18.2 Å². The lowest BCUT2D eigenvalue weighted by Gasteiger charge is -2.22. The molecule has 0 aromatic heterocycles. The number of nitrogens with one attached hydrogen (secondary N) is 1. The maximum absolute atomic E-state index is 12.9. The van der Waals surface area contributed by atoms with Crippen molar-refractivity contribution in [1.29, 1.82) is 0 Å². The number of hydrogen-bond acceptors (Lipinski definition) is 4. The zero-order chi connectivity index (χ0) is 19.0. The van der Waals surface area contributed by atoms with Crippen molar-refractivity contribution in [3.05, 3.63) is 60.7 Å². The molecule has 2 aliphatic rings. The van der Waals surface area contributed by atoms with Gasteiger partial charge in [0.1, 0.15) is 11.7 Å². The predicted octanol–water partition coefficient (Wildman–Crippen LogP) is 2.95. The fourth-order valence-corrected chi connectivity index (χ4v) is 3.75. The Morgan fingerprint density at radius 1 is 1.00 bits per heavy atom. The summed E-state index contributed by atoms with van der Waals surface area (Å²) in [7, 11) is 1.52. The van der Waals surface area contributed by atoms with Crippen molar-refractivity contribution in [3.8, 4) is 16.9 Å². The first kappa shape index (κ1) is 17.3. The highest BCUT2D eigenvalue weighted by Gasteiger charge is 2.53. The molecule has 2 aromatic carbocycles. The number of hydrogen-bond donors (Lipinski definition) is 2. The summed E-state index contributed by atoms with van der Waals surface area (Å²) in [5, 5.41) is 12.3. The van der Waals surface area contributed by atoms with Crippen LogP contribution in [0.1, 0.15) is 0 Å². The smallest absolute Gasteiger partial charge is 0.310 e. The van der Waals surface area contributed by atoms with Crippen molar-refractivity contribution in [1.82, 2.24) is 0 Å². The normalized spacial score (nSPS) is 25.4. The molecule has 0 spiro atoms. The highest BCUT2D eigenvalue weighted by molar-refractivity contribution is 5.98. The van der Waals surface area contributed by atoms with E-state index in [1.165, 1.54) is 7.11 Å². The minimum absolute atomic E-state index is 0.386. The molecule has 0 radical (unpaired) electrons. The Morgan fingerprint density at radius 2 is 1.70 bits per heavy atom. The number of carbonyl (C=O) groups is 2. The fraction of sp³-hybridized carbons (Fsp3) is 0.238. The number of ether oxygens (including phenoxy) is 2. The third-order valence-electron chi connectivity index (χ3n) is 5.05. The van der Waals surface area contributed by atoms with E-state index in [1.807, 2.05) is 42.5 Å². The molecule has 27 heavy (non-hydrogen) atoms. The van der Waals surface area contributed by atoms with Crippen molar-refractivity contribution in [2.75, 3.05) is 12.4 Å². The molecule has 2 N–H and O–H groups in total. The first-order valence-corrected chi connectivity index (χ1v) is 8.69. The second kappa shape index (κ2) is 6.89. The van der Waals surface area contributed by atoms with Crippen molar-refractivity contribution in [2.24, 2.45) is 11.8 Å². The van der Waals surface area contributed by atoms with Gasteiger partial charge in [0.25, 0.3) is 0 Å². The third-order valence-corrected chi connectivity index (χ3v) is 5.05. The molecule has 2 aliphatic heterocycles. The van der Waals surface area contributed by atoms with Crippen LogP contribution in [0.25, 0.3) is 11.1 Å². The lowest BCUT2D eigenvalue weighted by molar-refractivity contribution is -0.145. The Hall–Kier alpha value is -3.12. The van der Waals surface area contributed by atoms with Gasteiger partial charge in [0.2, 0.25) is 5.91 Å². The van der Waals surface area contributed by atoms with E-state index < -0.39 is 30.0 Å². The van der Waals surface area contributed by atoms with E-state index in [2.05, 4.69) is 5.32 Å². The van der Waals surface area contributed by atoms with Crippen LogP contribution >= 0.6 is 0 Å². The first-order valence-electron chi connectivity index (χ1n) is 8.69. The molecule has 0 saturated carbocycles. The van der Waals surface area contributed by atoms with E-state index in [4.69, 9.17) is 9.47 Å². The van der Waals surface area contributed by atoms with Gasteiger partial charge in [-0.1, -0.05) is 48.6 Å². The summed E-state index contributed by atoms with van der Waals surface area (Å²) >= 11 is 0. The molecule has 6 heteroatoms. The average Bonchev–Trinajstić information content (AvgIpc) is 3.30. The van der Waals surface area contributed by atoms with Gasteiger partial charge in [0.15, 0.2) is 0 Å². The summed E-state index contributed by atoms with van der Waals surface area (Å²) < 4.78 is 10.9. The number of rotatable bonds is 5. The number of aliphatic carboxylic acids is 1. The number of methoxy groups -OCH3 is 1. The quantitative estimate of drug-likeness (QED) is 0.796. The van der Waals surface area contributed by atoms with Gasteiger partial charge in [-0.2, -0.15) is 0 Å². The number of carbonyl (C=O) groups excluding carboxylic acids is 1. The van der Waals surface area contributed by atoms with E-state index >= 15 is 0 Å². The monoisotopic (exact) mass is 365 g/mol. The Kier molecular flexibility index (Phi) is 4.41. The van der Waals surface area contributed by atoms with E-state index in [-0.39, 0.29) is 5.91 Å². The van der Waals surface area contributed by atoms with Gasteiger partial charge in [0.05, 0.1) is 30.9 Å². The van der Waals surface area contributed by atoms with Crippen LogP contribution in [-0.4, -0.2) is 36.3 Å². The van der Waals surface area contributed by atoms with Crippen LogP contribution in [-0.2, 0) is 14.3 Å². The molecule has 0 aliphatic carbocycles. The minimum atomic E-state index is -1.03.